The zero-order chi connectivity index (χ0) is 15.8. The summed E-state index contributed by atoms with van der Waals surface area (Å²) in [6, 6.07) is 3.58. The van der Waals surface area contributed by atoms with Gasteiger partial charge >= 0.3 is 0 Å². The Bertz CT molecular complexity index is 821. The number of carbonyl (C=O) groups excluding carboxylic acids is 1. The molecule has 5 nitrogen and oxygen atoms in total. The van der Waals surface area contributed by atoms with Gasteiger partial charge in [-0.05, 0) is 25.1 Å². The fourth-order valence-electron chi connectivity index (χ4n) is 1.50. The molecule has 0 aliphatic heterocycles. The number of nitrogens with zero attached hydrogens (tertiary/aromatic N) is 1. The molecule has 10 heteroatoms. The summed E-state index contributed by atoms with van der Waals surface area (Å²) < 4.78 is 36.0. The predicted octanol–water partition coefficient (Wildman–Crippen LogP) is 3.42. The minimum atomic E-state index is -3.94. The van der Waals surface area contributed by atoms with E-state index in [4.69, 9.17) is 22.3 Å². The van der Waals surface area contributed by atoms with Gasteiger partial charge in [0, 0.05) is 15.7 Å². The number of halogens is 3. The topological polar surface area (TPSA) is 76.1 Å². The van der Waals surface area contributed by atoms with Crippen LogP contribution < -0.4 is 5.32 Å². The molecular formula is C11H7Cl2FN2O3S2. The van der Waals surface area contributed by atoms with Crippen LogP contribution in [0.15, 0.2) is 22.4 Å². The summed E-state index contributed by atoms with van der Waals surface area (Å²) in [5.41, 5.74) is -0.0792. The van der Waals surface area contributed by atoms with E-state index in [9.17, 15) is 17.6 Å². The number of aryl methyl sites for hydroxylation is 1. The molecule has 0 bridgehead atoms. The first-order chi connectivity index (χ1) is 9.68. The average molecular weight is 369 g/mol. The molecule has 112 valence electrons. The van der Waals surface area contributed by atoms with Crippen molar-refractivity contribution in [1.29, 1.82) is 0 Å². The van der Waals surface area contributed by atoms with Crippen LogP contribution >= 0.6 is 33.6 Å². The Kier molecular flexibility index (Phi) is 4.52. The standard InChI is InChI=1S/C11H7Cl2FN2O3S2/c1-5-10(21(13,18)19)20-11(15-5)16-9(17)7-3-2-6(12)4-8(7)14/h2-4H,1H3,(H,15,16,17). The first-order valence-electron chi connectivity index (χ1n) is 5.37. The number of nitrogens with one attached hydrogen (secondary N) is 1. The van der Waals surface area contributed by atoms with Crippen LogP contribution in [0.4, 0.5) is 9.52 Å². The number of carbonyl (C=O) groups is 1. The molecule has 1 aromatic carbocycles. The second-order valence-electron chi connectivity index (χ2n) is 3.91. The lowest BCUT2D eigenvalue weighted by molar-refractivity contribution is 0.102. The number of aromatic nitrogens is 1. The summed E-state index contributed by atoms with van der Waals surface area (Å²) in [7, 11) is 1.29. The maximum Gasteiger partial charge on any atom is 0.272 e. The summed E-state index contributed by atoms with van der Waals surface area (Å²) >= 11 is 6.28. The van der Waals surface area contributed by atoms with Crippen LogP contribution in [0.25, 0.3) is 0 Å². The first-order valence-corrected chi connectivity index (χ1v) is 8.87. The highest BCUT2D eigenvalue weighted by Crippen LogP contribution is 2.30. The van der Waals surface area contributed by atoms with Crippen molar-refractivity contribution in [3.63, 3.8) is 0 Å². The van der Waals surface area contributed by atoms with Crippen molar-refractivity contribution in [3.05, 3.63) is 40.3 Å². The number of thiazole rings is 1. The van der Waals surface area contributed by atoms with Crippen LogP contribution in [0.1, 0.15) is 16.1 Å². The molecule has 0 saturated heterocycles. The van der Waals surface area contributed by atoms with E-state index in [0.717, 1.165) is 6.07 Å². The Morgan fingerprint density at radius 2 is 2.10 bits per heavy atom. The molecule has 0 fully saturated rings. The van der Waals surface area contributed by atoms with Gasteiger partial charge in [-0.2, -0.15) is 0 Å². The molecule has 0 aliphatic carbocycles. The van der Waals surface area contributed by atoms with Crippen molar-refractivity contribution < 1.29 is 17.6 Å². The monoisotopic (exact) mass is 368 g/mol. The van der Waals surface area contributed by atoms with Crippen molar-refractivity contribution in [3.8, 4) is 0 Å². The minimum Gasteiger partial charge on any atom is -0.298 e. The quantitative estimate of drug-likeness (QED) is 0.842. The van der Waals surface area contributed by atoms with E-state index in [0.29, 0.717) is 11.3 Å². The molecule has 1 N–H and O–H groups in total. The molecule has 0 radical (unpaired) electrons. The summed E-state index contributed by atoms with van der Waals surface area (Å²) in [6.07, 6.45) is 0. The van der Waals surface area contributed by atoms with Gasteiger partial charge in [0.15, 0.2) is 9.34 Å². The second kappa shape index (κ2) is 5.88. The van der Waals surface area contributed by atoms with Crippen molar-refractivity contribution >= 4 is 53.7 Å². The number of amides is 1. The van der Waals surface area contributed by atoms with Crippen molar-refractivity contribution in [1.82, 2.24) is 4.98 Å². The molecule has 0 unspecified atom stereocenters. The number of benzene rings is 1. The van der Waals surface area contributed by atoms with Gasteiger partial charge in [0.05, 0.1) is 11.3 Å². The van der Waals surface area contributed by atoms with E-state index in [1.54, 1.807) is 0 Å². The Morgan fingerprint density at radius 3 is 2.62 bits per heavy atom. The van der Waals surface area contributed by atoms with Crippen molar-refractivity contribution in [2.45, 2.75) is 11.1 Å². The van der Waals surface area contributed by atoms with Crippen LogP contribution in [0, 0.1) is 12.7 Å². The molecule has 2 rings (SSSR count). The molecule has 0 aliphatic rings. The van der Waals surface area contributed by atoms with Gasteiger partial charge in [-0.15, -0.1) is 0 Å². The average Bonchev–Trinajstić information content (AvgIpc) is 2.69. The van der Waals surface area contributed by atoms with Crippen molar-refractivity contribution in [2.75, 3.05) is 5.32 Å². The SMILES string of the molecule is Cc1nc(NC(=O)c2ccc(Cl)cc2F)sc1S(=O)(=O)Cl. The van der Waals surface area contributed by atoms with Crippen LogP contribution in [-0.4, -0.2) is 19.3 Å². The predicted molar refractivity (Wildman–Crippen MR) is 79.3 cm³/mol. The third-order valence-electron chi connectivity index (χ3n) is 2.37. The zero-order valence-electron chi connectivity index (χ0n) is 10.4. The molecule has 1 aromatic heterocycles. The Balaban J connectivity index is 2.28. The summed E-state index contributed by atoms with van der Waals surface area (Å²) in [4.78, 5) is 15.8. The molecule has 0 spiro atoms. The third-order valence-corrected chi connectivity index (χ3v) is 5.86. The summed E-state index contributed by atoms with van der Waals surface area (Å²) in [5.74, 6) is -1.56. The zero-order valence-corrected chi connectivity index (χ0v) is 13.5. The fourth-order valence-corrected chi connectivity index (χ4v) is 4.01. The van der Waals surface area contributed by atoms with Gasteiger partial charge in [0.1, 0.15) is 5.82 Å². The van der Waals surface area contributed by atoms with Gasteiger partial charge in [-0.1, -0.05) is 22.9 Å². The largest absolute Gasteiger partial charge is 0.298 e. The second-order valence-corrected chi connectivity index (χ2v) is 8.10. The van der Waals surface area contributed by atoms with E-state index in [2.05, 4.69) is 10.3 Å². The third kappa shape index (κ3) is 3.70. The number of anilines is 1. The minimum absolute atomic E-state index is 0.00563. The van der Waals surface area contributed by atoms with E-state index in [-0.39, 0.29) is 25.6 Å². The first kappa shape index (κ1) is 16.2. The lowest BCUT2D eigenvalue weighted by Crippen LogP contribution is -2.13. The van der Waals surface area contributed by atoms with Gasteiger partial charge in [0.25, 0.3) is 15.0 Å². The van der Waals surface area contributed by atoms with Gasteiger partial charge in [-0.25, -0.2) is 17.8 Å². The van der Waals surface area contributed by atoms with E-state index in [1.165, 1.54) is 19.1 Å². The van der Waals surface area contributed by atoms with E-state index in [1.807, 2.05) is 0 Å². The molecule has 21 heavy (non-hydrogen) atoms. The van der Waals surface area contributed by atoms with Gasteiger partial charge in [-0.3, -0.25) is 10.1 Å². The normalized spacial score (nSPS) is 11.4. The molecule has 0 atom stereocenters. The molecule has 0 saturated carbocycles. The molecular weight excluding hydrogens is 362 g/mol. The molecule has 1 heterocycles. The highest BCUT2D eigenvalue weighted by atomic mass is 35.7. The Hall–Kier alpha value is -1.22. The molecule has 2 aromatic rings. The Morgan fingerprint density at radius 1 is 1.43 bits per heavy atom. The summed E-state index contributed by atoms with van der Waals surface area (Å²) in [6.45, 7) is 1.43. The van der Waals surface area contributed by atoms with Crippen LogP contribution in [-0.2, 0) is 9.05 Å². The maximum atomic E-state index is 13.6. The number of hydrogen-bond donors (Lipinski definition) is 1. The fraction of sp³-hybridized carbons (Fsp3) is 0.0909. The highest BCUT2D eigenvalue weighted by Gasteiger charge is 2.21. The van der Waals surface area contributed by atoms with Gasteiger partial charge in [0.2, 0.25) is 0 Å². The smallest absolute Gasteiger partial charge is 0.272 e. The van der Waals surface area contributed by atoms with Gasteiger partial charge < -0.3 is 0 Å². The Labute approximate surface area is 133 Å². The lowest BCUT2D eigenvalue weighted by atomic mass is 10.2. The van der Waals surface area contributed by atoms with Crippen molar-refractivity contribution in [2.24, 2.45) is 0 Å². The van der Waals surface area contributed by atoms with Crippen LogP contribution in [0.3, 0.4) is 0 Å². The summed E-state index contributed by atoms with van der Waals surface area (Å²) in [5, 5.41) is 2.48. The number of hydrogen-bond acceptors (Lipinski definition) is 5. The van der Waals surface area contributed by atoms with Crippen LogP contribution in [0.2, 0.25) is 5.02 Å². The number of rotatable bonds is 3. The maximum absolute atomic E-state index is 13.6. The lowest BCUT2D eigenvalue weighted by Gasteiger charge is -2.03. The highest BCUT2D eigenvalue weighted by molar-refractivity contribution is 8.15. The molecule has 1 amide bonds. The van der Waals surface area contributed by atoms with Crippen LogP contribution in [0.5, 0.6) is 0 Å². The van der Waals surface area contributed by atoms with E-state index >= 15 is 0 Å². The van der Waals surface area contributed by atoms with E-state index < -0.39 is 20.8 Å².